The third kappa shape index (κ3) is 3.99. The SMILES string of the molecule is OC1CCC(Nc2nc(Cc3cnn(-c4ccncc4)c3)nc3ccsc23)CC1. The van der Waals surface area contributed by atoms with Crippen molar-refractivity contribution in [2.24, 2.45) is 0 Å². The summed E-state index contributed by atoms with van der Waals surface area (Å²) in [5.74, 6) is 1.69. The van der Waals surface area contributed by atoms with E-state index in [1.165, 1.54) is 0 Å². The molecule has 4 aromatic rings. The van der Waals surface area contributed by atoms with Gasteiger partial charge >= 0.3 is 0 Å². The number of nitrogens with zero attached hydrogens (tertiary/aromatic N) is 5. The predicted octanol–water partition coefficient (Wildman–Crippen LogP) is 3.58. The highest BCUT2D eigenvalue weighted by Crippen LogP contribution is 2.29. The second-order valence-electron chi connectivity index (χ2n) is 7.45. The van der Waals surface area contributed by atoms with E-state index in [4.69, 9.17) is 9.97 Å². The number of fused-ring (bicyclic) bond motifs is 1. The Morgan fingerprint density at radius 2 is 1.93 bits per heavy atom. The number of nitrogens with one attached hydrogen (secondary N) is 1. The Labute approximate surface area is 172 Å². The quantitative estimate of drug-likeness (QED) is 0.527. The molecule has 0 spiro atoms. The van der Waals surface area contributed by atoms with E-state index >= 15 is 0 Å². The zero-order chi connectivity index (χ0) is 19.6. The highest BCUT2D eigenvalue weighted by atomic mass is 32.1. The van der Waals surface area contributed by atoms with Gasteiger partial charge in [0.15, 0.2) is 0 Å². The van der Waals surface area contributed by atoms with Crippen LogP contribution in [0.15, 0.2) is 48.4 Å². The molecule has 4 aromatic heterocycles. The number of anilines is 1. The summed E-state index contributed by atoms with van der Waals surface area (Å²) in [6, 6.07) is 6.24. The summed E-state index contributed by atoms with van der Waals surface area (Å²) in [6.45, 7) is 0. The van der Waals surface area contributed by atoms with E-state index in [9.17, 15) is 5.11 Å². The van der Waals surface area contributed by atoms with Crippen molar-refractivity contribution < 1.29 is 5.11 Å². The van der Waals surface area contributed by atoms with Gasteiger partial charge in [-0.2, -0.15) is 5.10 Å². The van der Waals surface area contributed by atoms with Crippen LogP contribution in [0.2, 0.25) is 0 Å². The summed E-state index contributed by atoms with van der Waals surface area (Å²) in [6.07, 6.45) is 11.5. The Morgan fingerprint density at radius 1 is 1.10 bits per heavy atom. The van der Waals surface area contributed by atoms with Crippen LogP contribution in [0.5, 0.6) is 0 Å². The van der Waals surface area contributed by atoms with E-state index in [1.54, 1.807) is 23.7 Å². The summed E-state index contributed by atoms with van der Waals surface area (Å²) in [7, 11) is 0. The molecule has 148 valence electrons. The minimum Gasteiger partial charge on any atom is -0.393 e. The lowest BCUT2D eigenvalue weighted by molar-refractivity contribution is 0.126. The average Bonchev–Trinajstić information content (AvgIpc) is 3.40. The lowest BCUT2D eigenvalue weighted by Crippen LogP contribution is -2.28. The number of thiophene rings is 1. The normalized spacial score (nSPS) is 19.5. The van der Waals surface area contributed by atoms with E-state index in [2.05, 4.69) is 20.8 Å². The van der Waals surface area contributed by atoms with Crippen molar-refractivity contribution in [1.29, 1.82) is 0 Å². The molecule has 0 bridgehead atoms. The van der Waals surface area contributed by atoms with Crippen LogP contribution >= 0.6 is 11.3 Å². The van der Waals surface area contributed by atoms with Gasteiger partial charge in [0.25, 0.3) is 0 Å². The van der Waals surface area contributed by atoms with Crippen molar-refractivity contribution in [3.05, 3.63) is 59.8 Å². The first-order chi connectivity index (χ1) is 14.2. The maximum Gasteiger partial charge on any atom is 0.148 e. The standard InChI is InChI=1S/C21H22N6OS/c28-17-3-1-15(2-4-17)24-21-20-18(7-10-29-20)25-19(26-21)11-14-12-23-27(13-14)16-5-8-22-9-6-16/h5-10,12-13,15,17,28H,1-4,11H2,(H,24,25,26). The monoisotopic (exact) mass is 406 g/mol. The fraction of sp³-hybridized carbons (Fsp3) is 0.333. The first kappa shape index (κ1) is 18.2. The van der Waals surface area contributed by atoms with Crippen LogP contribution in [0.3, 0.4) is 0 Å². The molecule has 0 saturated heterocycles. The third-order valence-corrected chi connectivity index (χ3v) is 6.22. The number of aliphatic hydroxyl groups is 1. The minimum atomic E-state index is -0.160. The molecule has 0 amide bonds. The van der Waals surface area contributed by atoms with E-state index in [-0.39, 0.29) is 6.10 Å². The topological polar surface area (TPSA) is 88.8 Å². The van der Waals surface area contributed by atoms with Gasteiger partial charge in [-0.25, -0.2) is 14.6 Å². The first-order valence-electron chi connectivity index (χ1n) is 9.87. The van der Waals surface area contributed by atoms with Gasteiger partial charge in [0.1, 0.15) is 11.6 Å². The van der Waals surface area contributed by atoms with Gasteiger partial charge in [-0.3, -0.25) is 4.98 Å². The van der Waals surface area contributed by atoms with Gasteiger partial charge in [0.2, 0.25) is 0 Å². The third-order valence-electron chi connectivity index (χ3n) is 5.31. The molecule has 7 nitrogen and oxygen atoms in total. The fourth-order valence-electron chi connectivity index (χ4n) is 3.77. The lowest BCUT2D eigenvalue weighted by atomic mass is 9.93. The summed E-state index contributed by atoms with van der Waals surface area (Å²) in [5, 5.41) is 19.9. The molecule has 1 saturated carbocycles. The lowest BCUT2D eigenvalue weighted by Gasteiger charge is -2.26. The Kier molecular flexibility index (Phi) is 4.95. The predicted molar refractivity (Wildman–Crippen MR) is 113 cm³/mol. The zero-order valence-electron chi connectivity index (χ0n) is 15.9. The Morgan fingerprint density at radius 3 is 2.76 bits per heavy atom. The molecule has 1 aliphatic carbocycles. The molecular weight excluding hydrogens is 384 g/mol. The number of aromatic nitrogens is 5. The van der Waals surface area contributed by atoms with Crippen molar-refractivity contribution in [2.75, 3.05) is 5.32 Å². The highest BCUT2D eigenvalue weighted by molar-refractivity contribution is 7.17. The summed E-state index contributed by atoms with van der Waals surface area (Å²) >= 11 is 1.66. The van der Waals surface area contributed by atoms with Crippen LogP contribution in [0.25, 0.3) is 15.9 Å². The molecule has 0 aromatic carbocycles. The van der Waals surface area contributed by atoms with Gasteiger partial charge in [-0.1, -0.05) is 0 Å². The van der Waals surface area contributed by atoms with Gasteiger partial charge < -0.3 is 10.4 Å². The number of aliphatic hydroxyl groups excluding tert-OH is 1. The molecule has 0 unspecified atom stereocenters. The molecular formula is C21H22N6OS. The summed E-state index contributed by atoms with van der Waals surface area (Å²) in [5.41, 5.74) is 3.00. The molecule has 0 aliphatic heterocycles. The maximum absolute atomic E-state index is 9.76. The fourth-order valence-corrected chi connectivity index (χ4v) is 4.56. The molecule has 2 N–H and O–H groups in total. The number of hydrogen-bond acceptors (Lipinski definition) is 7. The van der Waals surface area contributed by atoms with Crippen LogP contribution < -0.4 is 5.32 Å². The Balaban J connectivity index is 1.39. The van der Waals surface area contributed by atoms with Crippen LogP contribution in [0, 0.1) is 0 Å². The van der Waals surface area contributed by atoms with E-state index in [1.807, 2.05) is 35.3 Å². The van der Waals surface area contributed by atoms with E-state index < -0.39 is 0 Å². The van der Waals surface area contributed by atoms with Gasteiger partial charge in [-0.15, -0.1) is 11.3 Å². The largest absolute Gasteiger partial charge is 0.393 e. The number of pyridine rings is 1. The molecule has 8 heteroatoms. The molecule has 4 heterocycles. The van der Waals surface area contributed by atoms with Crippen LogP contribution in [0.1, 0.15) is 37.1 Å². The van der Waals surface area contributed by atoms with Crippen LogP contribution in [-0.4, -0.2) is 42.0 Å². The number of rotatable bonds is 5. The second kappa shape index (κ2) is 7.88. The van der Waals surface area contributed by atoms with Crippen molar-refractivity contribution in [1.82, 2.24) is 24.7 Å². The van der Waals surface area contributed by atoms with E-state index in [0.717, 1.165) is 58.8 Å². The Bertz CT molecular complexity index is 1100. The molecule has 0 radical (unpaired) electrons. The molecule has 0 atom stereocenters. The Hall–Kier alpha value is -2.84. The van der Waals surface area contributed by atoms with Crippen molar-refractivity contribution >= 4 is 27.4 Å². The van der Waals surface area contributed by atoms with Gasteiger partial charge in [0.05, 0.1) is 28.2 Å². The molecule has 1 aliphatic rings. The van der Waals surface area contributed by atoms with Crippen LogP contribution in [-0.2, 0) is 6.42 Å². The second-order valence-corrected chi connectivity index (χ2v) is 8.36. The minimum absolute atomic E-state index is 0.160. The van der Waals surface area contributed by atoms with Gasteiger partial charge in [-0.05, 0) is 54.8 Å². The average molecular weight is 407 g/mol. The summed E-state index contributed by atoms with van der Waals surface area (Å²) < 4.78 is 2.93. The molecule has 5 rings (SSSR count). The van der Waals surface area contributed by atoms with Crippen LogP contribution in [0.4, 0.5) is 5.82 Å². The zero-order valence-corrected chi connectivity index (χ0v) is 16.7. The van der Waals surface area contributed by atoms with Crippen molar-refractivity contribution in [3.8, 4) is 5.69 Å². The van der Waals surface area contributed by atoms with Gasteiger partial charge in [0, 0.05) is 31.1 Å². The molecule has 1 fully saturated rings. The maximum atomic E-state index is 9.76. The number of hydrogen-bond donors (Lipinski definition) is 2. The smallest absolute Gasteiger partial charge is 0.148 e. The highest BCUT2D eigenvalue weighted by Gasteiger charge is 2.21. The van der Waals surface area contributed by atoms with Crippen molar-refractivity contribution in [2.45, 2.75) is 44.2 Å². The van der Waals surface area contributed by atoms with Crippen molar-refractivity contribution in [3.63, 3.8) is 0 Å². The molecule has 29 heavy (non-hydrogen) atoms. The van der Waals surface area contributed by atoms with E-state index in [0.29, 0.717) is 12.5 Å². The first-order valence-corrected chi connectivity index (χ1v) is 10.8. The summed E-state index contributed by atoms with van der Waals surface area (Å²) in [4.78, 5) is 13.6.